The smallest absolute Gasteiger partial charge is 0.416 e. The van der Waals surface area contributed by atoms with Crippen molar-refractivity contribution in [1.82, 2.24) is 25.1 Å². The van der Waals surface area contributed by atoms with Gasteiger partial charge in [-0.2, -0.15) is 31.1 Å². The molecule has 19 heteroatoms. The van der Waals surface area contributed by atoms with Gasteiger partial charge >= 0.3 is 18.4 Å². The summed E-state index contributed by atoms with van der Waals surface area (Å²) in [5.41, 5.74) is -5.35. The van der Waals surface area contributed by atoms with Gasteiger partial charge in [0.05, 0.1) is 47.1 Å². The summed E-state index contributed by atoms with van der Waals surface area (Å²) in [5, 5.41) is 12.4. The van der Waals surface area contributed by atoms with E-state index in [1.54, 1.807) is 12.1 Å². The Hall–Kier alpha value is -5.62. The highest BCUT2D eigenvalue weighted by Crippen LogP contribution is 2.51. The number of benzene rings is 3. The first-order chi connectivity index (χ1) is 26.0. The minimum atomic E-state index is -5.04. The van der Waals surface area contributed by atoms with E-state index in [2.05, 4.69) is 15.4 Å². The van der Waals surface area contributed by atoms with Gasteiger partial charge < -0.3 is 9.64 Å². The van der Waals surface area contributed by atoms with Gasteiger partial charge in [-0.05, 0) is 92.4 Å². The number of anilines is 2. The van der Waals surface area contributed by atoms with Crippen LogP contribution in [0, 0.1) is 12.8 Å². The zero-order valence-corrected chi connectivity index (χ0v) is 30.2. The largest absolute Gasteiger partial charge is 0.443 e. The first-order valence-corrected chi connectivity index (χ1v) is 17.3. The molecule has 2 atom stereocenters. The van der Waals surface area contributed by atoms with Crippen LogP contribution in [0.4, 0.5) is 51.6 Å². The minimum absolute atomic E-state index is 0.0481. The summed E-state index contributed by atoms with van der Waals surface area (Å²) < 4.78 is 125. The number of carbonyl (C=O) groups excluding carboxylic acids is 3. The predicted molar refractivity (Wildman–Crippen MR) is 182 cm³/mol. The van der Waals surface area contributed by atoms with Crippen molar-refractivity contribution in [1.29, 1.82) is 0 Å². The van der Waals surface area contributed by atoms with Crippen LogP contribution in [-0.2, 0) is 36.1 Å². The van der Waals surface area contributed by atoms with E-state index in [4.69, 9.17) is 4.74 Å². The molecular weight excluding hydrogens is 758 g/mol. The van der Waals surface area contributed by atoms with E-state index < -0.39 is 95.6 Å². The van der Waals surface area contributed by atoms with Crippen molar-refractivity contribution in [2.75, 3.05) is 22.9 Å². The minimum Gasteiger partial charge on any atom is -0.443 e. The number of fused-ring (bicyclic) bond motifs is 7. The van der Waals surface area contributed by atoms with E-state index in [0.29, 0.717) is 23.1 Å². The lowest BCUT2D eigenvalue weighted by Crippen LogP contribution is -2.43. The van der Waals surface area contributed by atoms with E-state index >= 15 is 8.78 Å². The Morgan fingerprint density at radius 1 is 0.911 bits per heavy atom. The van der Waals surface area contributed by atoms with E-state index in [-0.39, 0.29) is 46.9 Å². The molecule has 2 unspecified atom stereocenters. The monoisotopic (exact) mass is 791 g/mol. The molecule has 0 radical (unpaired) electrons. The molecule has 3 amide bonds. The molecule has 11 nitrogen and oxygen atoms in total. The van der Waals surface area contributed by atoms with Gasteiger partial charge in [-0.3, -0.25) is 19.4 Å². The van der Waals surface area contributed by atoms with Gasteiger partial charge in [-0.15, -0.1) is 5.10 Å². The van der Waals surface area contributed by atoms with E-state index in [9.17, 15) is 40.7 Å². The number of carbonyl (C=O) groups is 3. The molecule has 4 bridgehead atoms. The summed E-state index contributed by atoms with van der Waals surface area (Å²) in [4.78, 5) is 43.5. The maximum Gasteiger partial charge on any atom is 0.416 e. The van der Waals surface area contributed by atoms with E-state index in [1.165, 1.54) is 37.8 Å². The second-order valence-corrected chi connectivity index (χ2v) is 14.9. The number of halogens is 8. The molecule has 296 valence electrons. The van der Waals surface area contributed by atoms with Gasteiger partial charge in [0.25, 0.3) is 23.7 Å². The maximum atomic E-state index is 16.8. The van der Waals surface area contributed by atoms with Gasteiger partial charge in [0, 0.05) is 24.6 Å². The number of imide groups is 1. The summed E-state index contributed by atoms with van der Waals surface area (Å²) >= 11 is 0. The molecule has 0 aliphatic carbocycles. The SMILES string of the molecule is Cc1cc2c(cc1C(F)(F)F)N(C(=O)OC(C)(C)C)CC1CC2N(c2nnn(CCN3C(=O)c4ccccc4C3=O)n2)Cc2cc(C(F)(F)F)cc(c2)C1(F)F. The van der Waals surface area contributed by atoms with Gasteiger partial charge in [0.1, 0.15) is 5.60 Å². The zero-order chi connectivity index (χ0) is 40.7. The van der Waals surface area contributed by atoms with Crippen molar-refractivity contribution in [2.45, 2.75) is 77.1 Å². The summed E-state index contributed by atoms with van der Waals surface area (Å²) in [6, 6.07) is 8.52. The molecule has 56 heavy (non-hydrogen) atoms. The lowest BCUT2D eigenvalue weighted by atomic mass is 9.86. The number of ether oxygens (including phenoxy) is 1. The molecule has 0 N–H and O–H groups in total. The third-order valence-electron chi connectivity index (χ3n) is 9.90. The van der Waals surface area contributed by atoms with Crippen LogP contribution in [0.2, 0.25) is 0 Å². The molecule has 3 aliphatic rings. The van der Waals surface area contributed by atoms with Crippen molar-refractivity contribution in [3.05, 3.63) is 99.1 Å². The highest BCUT2D eigenvalue weighted by Gasteiger charge is 2.51. The fourth-order valence-electron chi connectivity index (χ4n) is 7.33. The number of hydrogen-bond donors (Lipinski definition) is 0. The topological polar surface area (TPSA) is 114 Å². The Balaban J connectivity index is 1.37. The van der Waals surface area contributed by atoms with Crippen molar-refractivity contribution < 1.29 is 54.2 Å². The number of alkyl halides is 8. The normalized spacial score (nSPS) is 19.5. The molecule has 3 aliphatic heterocycles. The van der Waals surface area contributed by atoms with Crippen LogP contribution in [0.3, 0.4) is 0 Å². The van der Waals surface area contributed by atoms with Crippen LogP contribution in [0.1, 0.15) is 87.3 Å². The standard InChI is InChI=1S/C37H33F8N7O4/c1-19-11-26-28-15-23(18-51(33(55)56-34(2,3)4)29(26)16-27(19)37(43,44)45)35(38,39)21-12-20(13-22(14-21)36(40,41)42)17-50(28)32-46-48-52(47-32)10-9-49-30(53)24-7-5-6-8-25(24)31(49)54/h5-8,11-14,16,23,28H,9-10,15,17-18H2,1-4H3. The summed E-state index contributed by atoms with van der Waals surface area (Å²) in [5.74, 6) is -7.48. The molecule has 0 saturated heterocycles. The lowest BCUT2D eigenvalue weighted by molar-refractivity contribution is -0.138. The molecular formula is C37H33F8N7O4. The van der Waals surface area contributed by atoms with Crippen LogP contribution in [0.15, 0.2) is 54.6 Å². The third kappa shape index (κ3) is 7.02. The number of aryl methyl sites for hydroxylation is 1. The number of rotatable bonds is 4. The van der Waals surface area contributed by atoms with Crippen molar-refractivity contribution in [3.8, 4) is 0 Å². The first kappa shape index (κ1) is 38.6. The fourth-order valence-corrected chi connectivity index (χ4v) is 7.33. The van der Waals surface area contributed by atoms with Crippen LogP contribution >= 0.6 is 0 Å². The number of aromatic nitrogens is 4. The van der Waals surface area contributed by atoms with Gasteiger partial charge in [0.15, 0.2) is 0 Å². The quantitative estimate of drug-likeness (QED) is 0.151. The Morgan fingerprint density at radius 3 is 2.18 bits per heavy atom. The Morgan fingerprint density at radius 2 is 1.57 bits per heavy atom. The fraction of sp³-hybridized carbons (Fsp3) is 0.405. The Labute approximate surface area is 313 Å². The van der Waals surface area contributed by atoms with Crippen LogP contribution in [-0.4, -0.2) is 61.7 Å². The summed E-state index contributed by atoms with van der Waals surface area (Å²) in [7, 11) is 0. The molecule has 1 aromatic heterocycles. The van der Waals surface area contributed by atoms with Crippen LogP contribution in [0.5, 0.6) is 0 Å². The number of tetrazole rings is 1. The molecule has 4 aromatic rings. The first-order valence-electron chi connectivity index (χ1n) is 17.3. The average molecular weight is 792 g/mol. The second kappa shape index (κ2) is 13.3. The van der Waals surface area contributed by atoms with E-state index in [0.717, 1.165) is 28.8 Å². The van der Waals surface area contributed by atoms with Crippen LogP contribution < -0.4 is 9.80 Å². The van der Waals surface area contributed by atoms with E-state index in [1.807, 2.05) is 0 Å². The number of amides is 3. The number of nitrogens with zero attached hydrogens (tertiary/aromatic N) is 7. The molecule has 3 aromatic carbocycles. The Bertz CT molecular complexity index is 2210. The second-order valence-electron chi connectivity index (χ2n) is 14.9. The molecule has 7 rings (SSSR count). The predicted octanol–water partition coefficient (Wildman–Crippen LogP) is 7.93. The Kier molecular flexibility index (Phi) is 9.15. The molecule has 0 spiro atoms. The summed E-state index contributed by atoms with van der Waals surface area (Å²) in [6.07, 6.45) is -11.8. The van der Waals surface area contributed by atoms with Crippen LogP contribution in [0.25, 0.3) is 0 Å². The average Bonchev–Trinajstić information content (AvgIpc) is 3.61. The highest BCUT2D eigenvalue weighted by molar-refractivity contribution is 6.21. The van der Waals surface area contributed by atoms with Gasteiger partial charge in [-0.25, -0.2) is 13.6 Å². The third-order valence-corrected chi connectivity index (χ3v) is 9.90. The maximum absolute atomic E-state index is 16.8. The molecule has 0 saturated carbocycles. The van der Waals surface area contributed by atoms with Crippen molar-refractivity contribution >= 4 is 29.5 Å². The molecule has 4 heterocycles. The lowest BCUT2D eigenvalue weighted by Gasteiger charge is -2.33. The van der Waals surface area contributed by atoms with Gasteiger partial charge in [0.2, 0.25) is 0 Å². The summed E-state index contributed by atoms with van der Waals surface area (Å²) in [6.45, 7) is 3.66. The van der Waals surface area contributed by atoms with Gasteiger partial charge in [-0.1, -0.05) is 23.3 Å². The zero-order valence-electron chi connectivity index (χ0n) is 30.2. The molecule has 0 fully saturated rings. The highest BCUT2D eigenvalue weighted by atomic mass is 19.4. The number of hydrogen-bond acceptors (Lipinski definition) is 8. The van der Waals surface area contributed by atoms with Crippen molar-refractivity contribution in [3.63, 3.8) is 0 Å². The van der Waals surface area contributed by atoms with Crippen molar-refractivity contribution in [2.24, 2.45) is 5.92 Å².